The minimum absolute atomic E-state index is 0.339. The van der Waals surface area contributed by atoms with E-state index in [0.717, 1.165) is 19.3 Å². The molecule has 0 spiro atoms. The molecule has 1 aliphatic rings. The molecule has 1 aromatic heterocycles. The number of nitrogens with zero attached hydrogens (tertiary/aromatic N) is 1. The fourth-order valence-electron chi connectivity index (χ4n) is 1.80. The molecule has 94 valence electrons. The lowest BCUT2D eigenvalue weighted by Gasteiger charge is -2.12. The number of nitrogens with one attached hydrogen (secondary N) is 4. The molecule has 1 aromatic rings. The van der Waals surface area contributed by atoms with Crippen LogP contribution in [0.1, 0.15) is 31.7 Å². The van der Waals surface area contributed by atoms with E-state index in [1.165, 1.54) is 4.68 Å². The maximum absolute atomic E-state index is 11.6. The molecule has 7 heteroatoms. The first-order valence-corrected chi connectivity index (χ1v) is 5.85. The Bertz CT molecular complexity index is 504. The Kier molecular flexibility index (Phi) is 3.48. The summed E-state index contributed by atoms with van der Waals surface area (Å²) in [5.41, 5.74) is 8.42. The number of unbranched alkanes of at least 4 members (excludes halogenated alkanes) is 2. The average molecular weight is 239 g/mol. The van der Waals surface area contributed by atoms with Crippen LogP contribution in [0, 0.1) is 0 Å². The highest BCUT2D eigenvalue weighted by Gasteiger charge is 2.18. The zero-order valence-corrected chi connectivity index (χ0v) is 9.80. The van der Waals surface area contributed by atoms with Crippen LogP contribution in [-0.4, -0.2) is 16.2 Å². The number of aromatic amines is 1. The van der Waals surface area contributed by atoms with E-state index in [1.54, 1.807) is 0 Å². The van der Waals surface area contributed by atoms with Crippen LogP contribution in [0.3, 0.4) is 0 Å². The van der Waals surface area contributed by atoms with Gasteiger partial charge in [0.05, 0.1) is 5.56 Å². The second-order valence-corrected chi connectivity index (χ2v) is 4.02. The molecule has 2 heterocycles. The van der Waals surface area contributed by atoms with Crippen LogP contribution in [0.25, 0.3) is 0 Å². The van der Waals surface area contributed by atoms with Gasteiger partial charge in [-0.3, -0.25) is 9.78 Å². The average Bonchev–Trinajstić information content (AvgIpc) is 2.77. The molecule has 7 nitrogen and oxygen atoms in total. The lowest BCUT2D eigenvalue weighted by molar-refractivity contribution is 0.685. The topological polar surface area (TPSA) is 91.0 Å². The summed E-state index contributed by atoms with van der Waals surface area (Å²) in [7, 11) is 0. The van der Waals surface area contributed by atoms with Gasteiger partial charge >= 0.3 is 5.69 Å². The van der Waals surface area contributed by atoms with Crippen molar-refractivity contribution in [3.05, 3.63) is 26.4 Å². The highest BCUT2D eigenvalue weighted by atomic mass is 16.2. The standard InChI is InChI=1S/C10H17N5O2/c1-2-3-4-5-12-15-8-7(6-11-14-8)9(16)13-10(15)17/h11-12,14H,2-6H2,1H3,(H,13,16,17). The van der Waals surface area contributed by atoms with Gasteiger partial charge in [-0.25, -0.2) is 10.2 Å². The third kappa shape index (κ3) is 2.33. The predicted molar refractivity (Wildman–Crippen MR) is 65.5 cm³/mol. The summed E-state index contributed by atoms with van der Waals surface area (Å²) in [5.74, 6) is 0.509. The molecule has 0 radical (unpaired) electrons. The molecular formula is C10H17N5O2. The Labute approximate surface area is 98.2 Å². The van der Waals surface area contributed by atoms with Crippen molar-refractivity contribution in [3.8, 4) is 0 Å². The fraction of sp³-hybridized carbons (Fsp3) is 0.600. The minimum atomic E-state index is -0.443. The predicted octanol–water partition coefficient (Wildman–Crippen LogP) is -0.300. The van der Waals surface area contributed by atoms with Crippen molar-refractivity contribution >= 4 is 5.82 Å². The second-order valence-electron chi connectivity index (χ2n) is 4.02. The molecule has 1 aliphatic heterocycles. The van der Waals surface area contributed by atoms with Crippen LogP contribution in [-0.2, 0) is 6.54 Å². The van der Waals surface area contributed by atoms with Crippen molar-refractivity contribution in [1.29, 1.82) is 0 Å². The highest BCUT2D eigenvalue weighted by Crippen LogP contribution is 2.11. The summed E-state index contributed by atoms with van der Waals surface area (Å²) in [6.07, 6.45) is 3.23. The number of aromatic nitrogens is 2. The van der Waals surface area contributed by atoms with Gasteiger partial charge in [0.1, 0.15) is 0 Å². The Balaban J connectivity index is 2.20. The summed E-state index contributed by atoms with van der Waals surface area (Å²) < 4.78 is 1.35. The van der Waals surface area contributed by atoms with E-state index in [2.05, 4.69) is 28.2 Å². The van der Waals surface area contributed by atoms with E-state index >= 15 is 0 Å². The number of hydrogen-bond acceptors (Lipinski definition) is 5. The second kappa shape index (κ2) is 5.05. The molecule has 0 unspecified atom stereocenters. The fourth-order valence-corrected chi connectivity index (χ4v) is 1.80. The third-order valence-corrected chi connectivity index (χ3v) is 2.73. The van der Waals surface area contributed by atoms with Gasteiger partial charge in [-0.15, -0.1) is 0 Å². The summed E-state index contributed by atoms with van der Waals surface area (Å²) in [4.78, 5) is 25.4. The molecular weight excluding hydrogens is 222 g/mol. The molecule has 0 fully saturated rings. The summed E-state index contributed by atoms with van der Waals surface area (Å²) in [5, 5.41) is 0. The Morgan fingerprint density at radius 2 is 2.18 bits per heavy atom. The summed E-state index contributed by atoms with van der Waals surface area (Å²) >= 11 is 0. The lowest BCUT2D eigenvalue weighted by Crippen LogP contribution is -2.37. The van der Waals surface area contributed by atoms with Crippen LogP contribution in [0.15, 0.2) is 9.59 Å². The van der Waals surface area contributed by atoms with Crippen LogP contribution in [0.2, 0.25) is 0 Å². The summed E-state index contributed by atoms with van der Waals surface area (Å²) in [6.45, 7) is 3.24. The van der Waals surface area contributed by atoms with E-state index in [4.69, 9.17) is 0 Å². The first-order chi connectivity index (χ1) is 8.24. The van der Waals surface area contributed by atoms with Gasteiger partial charge in [0, 0.05) is 13.1 Å². The molecule has 17 heavy (non-hydrogen) atoms. The Morgan fingerprint density at radius 1 is 1.35 bits per heavy atom. The van der Waals surface area contributed by atoms with Crippen molar-refractivity contribution < 1.29 is 0 Å². The zero-order chi connectivity index (χ0) is 12.3. The normalized spacial score (nSPS) is 13.2. The van der Waals surface area contributed by atoms with Crippen LogP contribution in [0.4, 0.5) is 5.82 Å². The monoisotopic (exact) mass is 239 g/mol. The van der Waals surface area contributed by atoms with Gasteiger partial charge in [0.2, 0.25) is 0 Å². The van der Waals surface area contributed by atoms with Crippen LogP contribution in [0.5, 0.6) is 0 Å². The number of rotatable bonds is 5. The lowest BCUT2D eigenvalue weighted by atomic mass is 10.2. The van der Waals surface area contributed by atoms with Gasteiger partial charge in [-0.05, 0) is 6.42 Å². The van der Waals surface area contributed by atoms with E-state index in [-0.39, 0.29) is 5.56 Å². The van der Waals surface area contributed by atoms with Crippen molar-refractivity contribution in [2.75, 3.05) is 17.4 Å². The van der Waals surface area contributed by atoms with Crippen molar-refractivity contribution in [3.63, 3.8) is 0 Å². The van der Waals surface area contributed by atoms with Crippen LogP contribution < -0.4 is 27.5 Å². The smallest absolute Gasteiger partial charge is 0.320 e. The van der Waals surface area contributed by atoms with Gasteiger partial charge in [0.15, 0.2) is 5.82 Å². The number of anilines is 1. The molecule has 0 saturated heterocycles. The van der Waals surface area contributed by atoms with E-state index in [0.29, 0.717) is 24.5 Å². The quantitative estimate of drug-likeness (QED) is 0.530. The first kappa shape index (κ1) is 11.7. The van der Waals surface area contributed by atoms with E-state index in [1.807, 2.05) is 0 Å². The zero-order valence-electron chi connectivity index (χ0n) is 9.80. The molecule has 0 aliphatic carbocycles. The highest BCUT2D eigenvalue weighted by molar-refractivity contribution is 5.46. The van der Waals surface area contributed by atoms with Crippen LogP contribution >= 0.6 is 0 Å². The molecule has 0 aromatic carbocycles. The molecule has 0 saturated carbocycles. The maximum atomic E-state index is 11.6. The largest absolute Gasteiger partial charge is 0.348 e. The molecule has 2 rings (SSSR count). The Hall–Kier alpha value is -1.76. The number of hydrazine groups is 1. The molecule has 0 amide bonds. The molecule has 4 N–H and O–H groups in total. The van der Waals surface area contributed by atoms with Crippen molar-refractivity contribution in [2.24, 2.45) is 0 Å². The Morgan fingerprint density at radius 3 is 2.94 bits per heavy atom. The molecule has 0 bridgehead atoms. The number of H-pyrrole nitrogens is 1. The SMILES string of the molecule is CCCCCNn1c2c(c(=O)[nH]c1=O)CNN2. The van der Waals surface area contributed by atoms with Gasteiger partial charge < -0.3 is 10.9 Å². The van der Waals surface area contributed by atoms with E-state index < -0.39 is 5.69 Å². The number of fused-ring (bicyclic) bond motifs is 1. The van der Waals surface area contributed by atoms with Crippen molar-refractivity contribution in [2.45, 2.75) is 32.7 Å². The first-order valence-electron chi connectivity index (χ1n) is 5.85. The van der Waals surface area contributed by atoms with Gasteiger partial charge in [0.25, 0.3) is 5.56 Å². The van der Waals surface area contributed by atoms with Gasteiger partial charge in [-0.2, -0.15) is 4.68 Å². The third-order valence-electron chi connectivity index (χ3n) is 2.73. The van der Waals surface area contributed by atoms with Gasteiger partial charge in [-0.1, -0.05) is 19.8 Å². The maximum Gasteiger partial charge on any atom is 0.348 e. The minimum Gasteiger partial charge on any atom is -0.320 e. The van der Waals surface area contributed by atoms with Crippen molar-refractivity contribution in [1.82, 2.24) is 15.1 Å². The molecule has 0 atom stereocenters. The number of hydrogen-bond donors (Lipinski definition) is 4. The van der Waals surface area contributed by atoms with E-state index in [9.17, 15) is 9.59 Å². The summed E-state index contributed by atoms with van der Waals surface area (Å²) in [6, 6.07) is 0.